The van der Waals surface area contributed by atoms with Crippen LogP contribution in [-0.2, 0) is 4.79 Å². The summed E-state index contributed by atoms with van der Waals surface area (Å²) in [5.41, 5.74) is 1.94. The topological polar surface area (TPSA) is 92.3 Å². The summed E-state index contributed by atoms with van der Waals surface area (Å²) in [7, 11) is 0. The maximum Gasteiger partial charge on any atom is 0.257 e. The van der Waals surface area contributed by atoms with Crippen molar-refractivity contribution < 1.29 is 14.3 Å². The molecule has 0 unspecified atom stereocenters. The Morgan fingerprint density at radius 1 is 1.13 bits per heavy atom. The number of carbonyl (C=O) groups is 2. The lowest BCUT2D eigenvalue weighted by atomic mass is 10.2. The number of carbonyl (C=O) groups excluding carboxylic acids is 2. The van der Waals surface area contributed by atoms with Crippen molar-refractivity contribution in [3.05, 3.63) is 48.0 Å². The molecule has 2 aromatic carbocycles. The molecule has 2 amide bonds. The highest BCUT2D eigenvalue weighted by atomic mass is 32.1. The van der Waals surface area contributed by atoms with E-state index in [0.717, 1.165) is 28.8 Å². The summed E-state index contributed by atoms with van der Waals surface area (Å²) >= 11 is 6.61. The maximum absolute atomic E-state index is 12.4. The Hall–Kier alpha value is -3.04. The fourth-order valence-corrected chi connectivity index (χ4v) is 3.76. The minimum absolute atomic E-state index is 0.137. The van der Waals surface area contributed by atoms with Crippen LogP contribution in [0.25, 0.3) is 10.2 Å². The number of hydrogen-bond acceptors (Lipinski definition) is 6. The van der Waals surface area contributed by atoms with E-state index in [2.05, 4.69) is 27.9 Å². The molecule has 0 fully saturated rings. The quantitative estimate of drug-likeness (QED) is 0.367. The van der Waals surface area contributed by atoms with Gasteiger partial charge in [-0.15, -0.1) is 0 Å². The minimum Gasteiger partial charge on any atom is -0.494 e. The van der Waals surface area contributed by atoms with Crippen molar-refractivity contribution in [2.45, 2.75) is 26.7 Å². The van der Waals surface area contributed by atoms with Gasteiger partial charge in [0, 0.05) is 18.2 Å². The number of amides is 2. The number of unbranched alkanes of at least 4 members (excludes halogenated alkanes) is 1. The molecule has 0 saturated carbocycles. The highest BCUT2D eigenvalue weighted by Gasteiger charge is 2.11. The van der Waals surface area contributed by atoms with Gasteiger partial charge in [-0.05, 0) is 61.1 Å². The number of hydrogen-bond donors (Lipinski definition) is 3. The number of nitrogens with one attached hydrogen (secondary N) is 3. The fourth-order valence-electron chi connectivity index (χ4n) is 2.60. The SMILES string of the molecule is CCCCOc1ccc(C(=O)NC(=S)Nc2nc3ccc(NC(C)=O)cc3s2)cc1. The molecule has 3 aromatic rings. The molecule has 0 saturated heterocycles. The Kier molecular flexibility index (Phi) is 7.31. The van der Waals surface area contributed by atoms with Gasteiger partial charge in [0.1, 0.15) is 5.75 Å². The first-order chi connectivity index (χ1) is 14.4. The van der Waals surface area contributed by atoms with Gasteiger partial charge in [0.25, 0.3) is 5.91 Å². The van der Waals surface area contributed by atoms with Gasteiger partial charge in [-0.3, -0.25) is 14.9 Å². The summed E-state index contributed by atoms with van der Waals surface area (Å²) in [6.07, 6.45) is 2.05. The summed E-state index contributed by atoms with van der Waals surface area (Å²) < 4.78 is 6.49. The first kappa shape index (κ1) is 21.7. The minimum atomic E-state index is -0.318. The molecular weight excluding hydrogens is 420 g/mol. The Morgan fingerprint density at radius 2 is 1.90 bits per heavy atom. The molecule has 0 bridgehead atoms. The zero-order valence-electron chi connectivity index (χ0n) is 16.7. The Balaban J connectivity index is 1.58. The van der Waals surface area contributed by atoms with Crippen LogP contribution in [0, 0.1) is 0 Å². The van der Waals surface area contributed by atoms with Crippen LogP contribution >= 0.6 is 23.6 Å². The van der Waals surface area contributed by atoms with Crippen LogP contribution in [0.2, 0.25) is 0 Å². The zero-order chi connectivity index (χ0) is 21.5. The molecule has 1 aromatic heterocycles. The zero-order valence-corrected chi connectivity index (χ0v) is 18.3. The van der Waals surface area contributed by atoms with Gasteiger partial charge in [0.2, 0.25) is 5.91 Å². The van der Waals surface area contributed by atoms with Gasteiger partial charge in [-0.25, -0.2) is 4.98 Å². The van der Waals surface area contributed by atoms with E-state index in [1.54, 1.807) is 30.3 Å². The predicted octanol–water partition coefficient (Wildman–Crippen LogP) is 4.56. The van der Waals surface area contributed by atoms with E-state index >= 15 is 0 Å². The van der Waals surface area contributed by atoms with E-state index in [4.69, 9.17) is 17.0 Å². The van der Waals surface area contributed by atoms with Gasteiger partial charge >= 0.3 is 0 Å². The standard InChI is InChI=1S/C21H22N4O3S2/c1-3-4-11-28-16-8-5-14(6-9-16)19(27)24-20(29)25-21-23-17-10-7-15(22-13(2)26)12-18(17)30-21/h5-10,12H,3-4,11H2,1-2H3,(H,22,26)(H2,23,24,25,27,29). The second kappa shape index (κ2) is 10.1. The van der Waals surface area contributed by atoms with Gasteiger partial charge in [0.05, 0.1) is 16.8 Å². The Bertz CT molecular complexity index is 1060. The van der Waals surface area contributed by atoms with E-state index in [9.17, 15) is 9.59 Å². The molecule has 7 nitrogen and oxygen atoms in total. The van der Waals surface area contributed by atoms with Crippen LogP contribution in [0.5, 0.6) is 5.75 Å². The lowest BCUT2D eigenvalue weighted by Crippen LogP contribution is -2.34. The third kappa shape index (κ3) is 5.98. The average Bonchev–Trinajstić information content (AvgIpc) is 3.09. The summed E-state index contributed by atoms with van der Waals surface area (Å²) in [5, 5.41) is 9.03. The van der Waals surface area contributed by atoms with Crippen molar-refractivity contribution in [2.24, 2.45) is 0 Å². The lowest BCUT2D eigenvalue weighted by Gasteiger charge is -2.08. The lowest BCUT2D eigenvalue weighted by molar-refractivity contribution is -0.114. The molecular formula is C21H22N4O3S2. The fraction of sp³-hybridized carbons (Fsp3) is 0.238. The molecule has 1 heterocycles. The predicted molar refractivity (Wildman–Crippen MR) is 124 cm³/mol. The molecule has 156 valence electrons. The number of aromatic nitrogens is 1. The molecule has 9 heteroatoms. The summed E-state index contributed by atoms with van der Waals surface area (Å²) in [6, 6.07) is 12.4. The molecule has 0 atom stereocenters. The molecule has 0 aliphatic carbocycles. The smallest absolute Gasteiger partial charge is 0.257 e. The van der Waals surface area contributed by atoms with E-state index < -0.39 is 0 Å². The molecule has 3 rings (SSSR count). The third-order valence-electron chi connectivity index (χ3n) is 4.04. The highest BCUT2D eigenvalue weighted by Crippen LogP contribution is 2.28. The number of anilines is 2. The molecule has 0 spiro atoms. The number of thiocarbonyl (C=S) groups is 1. The van der Waals surface area contributed by atoms with Crippen LogP contribution in [0.15, 0.2) is 42.5 Å². The molecule has 0 aliphatic rings. The number of benzene rings is 2. The summed E-state index contributed by atoms with van der Waals surface area (Å²) in [4.78, 5) is 28.0. The Morgan fingerprint density at radius 3 is 2.60 bits per heavy atom. The second-order valence-corrected chi connectivity index (χ2v) is 7.96. The van der Waals surface area contributed by atoms with E-state index in [1.165, 1.54) is 18.3 Å². The normalized spacial score (nSPS) is 10.5. The average molecular weight is 443 g/mol. The largest absolute Gasteiger partial charge is 0.494 e. The second-order valence-electron chi connectivity index (χ2n) is 6.52. The highest BCUT2D eigenvalue weighted by molar-refractivity contribution is 7.80. The van der Waals surface area contributed by atoms with Gasteiger partial charge in [-0.1, -0.05) is 24.7 Å². The van der Waals surface area contributed by atoms with Crippen molar-refractivity contribution in [1.82, 2.24) is 10.3 Å². The summed E-state index contributed by atoms with van der Waals surface area (Å²) in [5.74, 6) is 0.275. The summed E-state index contributed by atoms with van der Waals surface area (Å²) in [6.45, 7) is 4.22. The van der Waals surface area contributed by atoms with Gasteiger partial charge in [-0.2, -0.15) is 0 Å². The molecule has 3 N–H and O–H groups in total. The van der Waals surface area contributed by atoms with Crippen LogP contribution in [-0.4, -0.2) is 28.5 Å². The Labute approximate surface area is 183 Å². The van der Waals surface area contributed by atoms with Crippen molar-refractivity contribution in [2.75, 3.05) is 17.2 Å². The van der Waals surface area contributed by atoms with Crippen molar-refractivity contribution in [3.8, 4) is 5.75 Å². The van der Waals surface area contributed by atoms with E-state index in [0.29, 0.717) is 23.0 Å². The number of thiazole rings is 1. The van der Waals surface area contributed by atoms with E-state index in [-0.39, 0.29) is 16.9 Å². The van der Waals surface area contributed by atoms with Crippen LogP contribution in [0.3, 0.4) is 0 Å². The van der Waals surface area contributed by atoms with Crippen molar-refractivity contribution >= 4 is 61.5 Å². The molecule has 0 aliphatic heterocycles. The van der Waals surface area contributed by atoms with Crippen molar-refractivity contribution in [3.63, 3.8) is 0 Å². The van der Waals surface area contributed by atoms with Crippen molar-refractivity contribution in [1.29, 1.82) is 0 Å². The molecule has 30 heavy (non-hydrogen) atoms. The third-order valence-corrected chi connectivity index (χ3v) is 5.18. The number of ether oxygens (including phenoxy) is 1. The number of rotatable bonds is 7. The van der Waals surface area contributed by atoms with E-state index in [1.807, 2.05) is 12.1 Å². The monoisotopic (exact) mass is 442 g/mol. The number of fused-ring (bicyclic) bond motifs is 1. The van der Waals surface area contributed by atoms with Gasteiger partial charge < -0.3 is 15.4 Å². The van der Waals surface area contributed by atoms with Crippen LogP contribution < -0.4 is 20.7 Å². The van der Waals surface area contributed by atoms with Crippen LogP contribution in [0.1, 0.15) is 37.0 Å². The molecule has 0 radical (unpaired) electrons. The first-order valence-corrected chi connectivity index (χ1v) is 10.7. The van der Waals surface area contributed by atoms with Crippen LogP contribution in [0.4, 0.5) is 10.8 Å². The van der Waals surface area contributed by atoms with Gasteiger partial charge in [0.15, 0.2) is 10.2 Å². The number of nitrogens with zero attached hydrogens (tertiary/aromatic N) is 1. The first-order valence-electron chi connectivity index (χ1n) is 9.48. The maximum atomic E-state index is 12.4.